The largest absolute Gasteiger partial charge is 0.484 e. The minimum Gasteiger partial charge on any atom is -0.484 e. The number of carbonyl (C=O) groups excluding carboxylic acids is 2. The van der Waals surface area contributed by atoms with Crippen LogP contribution in [0.4, 0.5) is 4.79 Å². The SMILES string of the molecule is N[C@@H]1CCCN([C@H]2Cc3c(Cl)cc(Cl)cc3[C@@H]2Oc2ccc(S(=O)(=O)CCCOCCOCCNC(=O)NCCCCCC(=O)CCCOCCOCCNS(=O)(=O)c3ccc(O[C@H]4c5cc(Cl)cc(Cl)c5C[C@@H]4N4CCC[C@@H](N)C4)cc3)cc2)C1. The van der Waals surface area contributed by atoms with Crippen LogP contribution in [0.3, 0.4) is 0 Å². The van der Waals surface area contributed by atoms with Crippen LogP contribution in [0.15, 0.2) is 82.6 Å². The normalized spacial score (nSPS) is 20.8. The summed E-state index contributed by atoms with van der Waals surface area (Å²) in [5, 5.41) is 7.84. The van der Waals surface area contributed by atoms with Crippen molar-refractivity contribution in [3.05, 3.63) is 115 Å². The lowest BCUT2D eigenvalue weighted by Crippen LogP contribution is -2.49. The minimum atomic E-state index is -3.80. The number of hydrogen-bond donors (Lipinski definition) is 5. The summed E-state index contributed by atoms with van der Waals surface area (Å²) in [6, 6.07) is 20.1. The summed E-state index contributed by atoms with van der Waals surface area (Å²) in [6.07, 6.45) is 8.74. The Hall–Kier alpha value is -3.88. The Bertz CT molecular complexity index is 2860. The molecule has 4 aliphatic rings. The molecule has 0 radical (unpaired) electrons. The van der Waals surface area contributed by atoms with Crippen molar-refractivity contribution in [2.45, 2.75) is 130 Å². The maximum Gasteiger partial charge on any atom is 0.314 e. The van der Waals surface area contributed by atoms with E-state index in [1.807, 2.05) is 12.1 Å². The number of rotatable bonds is 35. The number of piperidine rings is 2. The molecule has 2 saturated heterocycles. The fourth-order valence-corrected chi connectivity index (χ4v) is 15.1. The Morgan fingerprint density at radius 2 is 1.02 bits per heavy atom. The number of Topliss-reactive ketones (excluding diaryl/α,β-unsaturated/α-hetero) is 1. The molecule has 25 heteroatoms. The highest BCUT2D eigenvalue weighted by atomic mass is 35.5. The van der Waals surface area contributed by atoms with E-state index in [1.165, 1.54) is 12.1 Å². The molecule has 8 rings (SSSR count). The number of likely N-dealkylation sites (tertiary alicyclic amines) is 2. The molecule has 4 aromatic rings. The molecule has 6 atom stereocenters. The second kappa shape index (κ2) is 33.8. The molecule has 2 heterocycles. The Kier molecular flexibility index (Phi) is 26.7. The van der Waals surface area contributed by atoms with Crippen LogP contribution in [0.25, 0.3) is 0 Å². The first-order chi connectivity index (χ1) is 41.4. The predicted molar refractivity (Wildman–Crippen MR) is 334 cm³/mol. The van der Waals surface area contributed by atoms with Crippen LogP contribution >= 0.6 is 46.4 Å². The van der Waals surface area contributed by atoms with Crippen LogP contribution in [-0.2, 0) is 56.4 Å². The first-order valence-corrected chi connectivity index (χ1v) is 34.6. The first-order valence-electron chi connectivity index (χ1n) is 30.0. The number of nitrogens with zero attached hydrogens (tertiary/aromatic N) is 2. The van der Waals surface area contributed by atoms with E-state index in [2.05, 4.69) is 25.2 Å². The van der Waals surface area contributed by atoms with Gasteiger partial charge in [-0.1, -0.05) is 52.8 Å². The number of benzene rings is 4. The number of amides is 2. The van der Waals surface area contributed by atoms with Crippen molar-refractivity contribution in [2.75, 3.05) is 104 Å². The highest BCUT2D eigenvalue weighted by Gasteiger charge is 2.42. The maximum atomic E-state index is 13.2. The van der Waals surface area contributed by atoms with Crippen LogP contribution in [0.1, 0.15) is 105 Å². The molecule has 19 nitrogen and oxygen atoms in total. The third kappa shape index (κ3) is 20.3. The molecule has 0 unspecified atom stereocenters. The lowest BCUT2D eigenvalue weighted by Gasteiger charge is -2.38. The van der Waals surface area contributed by atoms with Crippen molar-refractivity contribution in [1.82, 2.24) is 25.2 Å². The van der Waals surface area contributed by atoms with Crippen LogP contribution in [0, 0.1) is 0 Å². The molecular formula is C61H83Cl4N7O12S2. The van der Waals surface area contributed by atoms with Gasteiger partial charge in [-0.05, 0) is 161 Å². The summed E-state index contributed by atoms with van der Waals surface area (Å²) in [6.45, 7) is 6.48. The average molecular weight is 1310 g/mol. The quantitative estimate of drug-likeness (QED) is 0.0270. The number of ketones is 1. The van der Waals surface area contributed by atoms with E-state index >= 15 is 0 Å². The van der Waals surface area contributed by atoms with Crippen LogP contribution in [-0.4, -0.2) is 167 Å². The monoisotopic (exact) mass is 1310 g/mol. The Morgan fingerprint density at radius 1 is 0.547 bits per heavy atom. The van der Waals surface area contributed by atoms with Gasteiger partial charge in [0.2, 0.25) is 10.0 Å². The number of ether oxygens (including phenoxy) is 6. The van der Waals surface area contributed by atoms with Gasteiger partial charge in [-0.25, -0.2) is 26.4 Å². The summed E-state index contributed by atoms with van der Waals surface area (Å²) in [4.78, 5) is 29.6. The standard InChI is InChI=1S/C61H83Cl4N7O12S2/c62-42-34-53-51(55(64)36-42)38-57(71-23-4-8-44(66)40-71)59(53)83-47-12-16-49(17-13-47)85(75,76)33-7-26-80-30-31-81-27-21-69-61(74)68-20-3-1-2-10-46(73)11-6-25-79-29-32-82-28-22-70-86(77,78)50-18-14-48(15-19-50)84-60-54-35-43(63)37-56(65)52(54)39-58(60)72-24-5-9-45(67)41-72/h12-19,34-37,44-45,57-60,70H,1-11,20-33,38-41,66-67H2,(H2,68,69,74)/t44-,45-,57+,58+,59+,60+/m1/s1. The van der Waals surface area contributed by atoms with E-state index < -0.39 is 19.9 Å². The number of hydrogen-bond acceptors (Lipinski definition) is 16. The van der Waals surface area contributed by atoms with E-state index in [0.717, 1.165) is 93.4 Å². The van der Waals surface area contributed by atoms with Crippen molar-refractivity contribution in [2.24, 2.45) is 11.5 Å². The van der Waals surface area contributed by atoms with E-state index in [1.54, 1.807) is 48.5 Å². The fraction of sp³-hybridized carbons (Fsp3) is 0.574. The van der Waals surface area contributed by atoms with Gasteiger partial charge in [0.1, 0.15) is 29.5 Å². The molecule has 0 spiro atoms. The number of halogens is 4. The smallest absolute Gasteiger partial charge is 0.314 e. The summed E-state index contributed by atoms with van der Waals surface area (Å²) in [7, 11) is -7.36. The van der Waals surface area contributed by atoms with E-state index in [0.29, 0.717) is 103 Å². The van der Waals surface area contributed by atoms with Crippen molar-refractivity contribution < 1.29 is 54.8 Å². The number of sulfone groups is 1. The summed E-state index contributed by atoms with van der Waals surface area (Å²) >= 11 is 26.1. The van der Waals surface area contributed by atoms with E-state index in [-0.39, 0.29) is 103 Å². The number of nitrogens with one attached hydrogen (secondary N) is 3. The zero-order valence-electron chi connectivity index (χ0n) is 48.7. The Balaban J connectivity index is 0.581. The second-order valence-electron chi connectivity index (χ2n) is 22.4. The summed E-state index contributed by atoms with van der Waals surface area (Å²) in [5.74, 6) is 1.16. The first kappa shape index (κ1) is 68.0. The van der Waals surface area contributed by atoms with E-state index in [9.17, 15) is 26.4 Å². The topological polar surface area (TPSA) is 252 Å². The lowest BCUT2D eigenvalue weighted by atomic mass is 10.0. The number of carbonyl (C=O) groups is 2. The molecule has 0 saturated carbocycles. The Morgan fingerprint density at radius 3 is 1.56 bits per heavy atom. The molecule has 2 fully saturated rings. The molecule has 2 aliphatic carbocycles. The molecule has 0 aromatic heterocycles. The fourth-order valence-electron chi connectivity index (χ4n) is 11.6. The van der Waals surface area contributed by atoms with Crippen molar-refractivity contribution >= 4 is 78.1 Å². The number of sulfonamides is 1. The number of fused-ring (bicyclic) bond motifs is 2. The van der Waals surface area contributed by atoms with Gasteiger partial charge in [-0.2, -0.15) is 0 Å². The van der Waals surface area contributed by atoms with Crippen LogP contribution in [0.5, 0.6) is 11.5 Å². The number of unbranched alkanes of at least 4 members (excludes halogenated alkanes) is 2. The molecular weight excluding hydrogens is 1230 g/mol. The van der Waals surface area contributed by atoms with Crippen LogP contribution in [0.2, 0.25) is 20.1 Å². The average Bonchev–Trinajstić information content (AvgIpc) is 2.22. The highest BCUT2D eigenvalue weighted by molar-refractivity contribution is 7.91. The zero-order valence-corrected chi connectivity index (χ0v) is 53.3. The van der Waals surface area contributed by atoms with Gasteiger partial charge < -0.3 is 50.5 Å². The molecule has 2 amide bonds. The van der Waals surface area contributed by atoms with E-state index in [4.69, 9.17) is 86.3 Å². The van der Waals surface area contributed by atoms with Gasteiger partial charge in [-0.15, -0.1) is 0 Å². The second-order valence-corrected chi connectivity index (χ2v) is 28.0. The maximum absolute atomic E-state index is 13.2. The minimum absolute atomic E-state index is 0.0108. The number of urea groups is 1. The Labute approximate surface area is 527 Å². The third-order valence-electron chi connectivity index (χ3n) is 16.0. The van der Waals surface area contributed by atoms with Gasteiger partial charge in [0, 0.05) is 102 Å². The van der Waals surface area contributed by atoms with Gasteiger partial charge in [0.05, 0.1) is 67.3 Å². The van der Waals surface area contributed by atoms with Crippen molar-refractivity contribution in [1.29, 1.82) is 0 Å². The van der Waals surface area contributed by atoms with Gasteiger partial charge in [0.15, 0.2) is 9.84 Å². The van der Waals surface area contributed by atoms with Gasteiger partial charge in [-0.3, -0.25) is 14.6 Å². The van der Waals surface area contributed by atoms with Gasteiger partial charge >= 0.3 is 6.03 Å². The molecule has 4 aromatic carbocycles. The predicted octanol–water partition coefficient (Wildman–Crippen LogP) is 8.65. The van der Waals surface area contributed by atoms with Crippen LogP contribution < -0.4 is 36.3 Å². The highest BCUT2D eigenvalue weighted by Crippen LogP contribution is 2.45. The molecule has 2 aliphatic heterocycles. The third-order valence-corrected chi connectivity index (χ3v) is 20.4. The molecule has 474 valence electrons. The summed E-state index contributed by atoms with van der Waals surface area (Å²) in [5.41, 5.74) is 16.6. The van der Waals surface area contributed by atoms with Crippen molar-refractivity contribution in [3.8, 4) is 11.5 Å². The molecule has 7 N–H and O–H groups in total. The van der Waals surface area contributed by atoms with Gasteiger partial charge in [0.25, 0.3) is 0 Å². The van der Waals surface area contributed by atoms with Crippen molar-refractivity contribution in [3.63, 3.8) is 0 Å². The molecule has 86 heavy (non-hydrogen) atoms. The molecule has 0 bridgehead atoms. The zero-order chi connectivity index (χ0) is 61.1. The number of nitrogens with two attached hydrogens (primary N) is 2. The summed E-state index contributed by atoms with van der Waals surface area (Å²) < 4.78 is 90.4. The lowest BCUT2D eigenvalue weighted by molar-refractivity contribution is -0.119.